The average Bonchev–Trinajstić information content (AvgIpc) is 2.88. The molecule has 7 heteroatoms. The Morgan fingerprint density at radius 1 is 1.29 bits per heavy atom. The lowest BCUT2D eigenvalue weighted by Crippen LogP contribution is -2.36. The lowest BCUT2D eigenvalue weighted by molar-refractivity contribution is -0.127. The van der Waals surface area contributed by atoms with Gasteiger partial charge in [0.1, 0.15) is 18.1 Å². The second-order valence-electron chi connectivity index (χ2n) is 5.59. The number of carbonyl (C=O) groups is 2. The molecular weight excluding hydrogens is 310 g/mol. The summed E-state index contributed by atoms with van der Waals surface area (Å²) < 4.78 is 10.8. The zero-order chi connectivity index (χ0) is 17.7. The Hall–Kier alpha value is -2.83. The summed E-state index contributed by atoms with van der Waals surface area (Å²) in [7, 11) is 3.27. The van der Waals surface area contributed by atoms with Crippen molar-refractivity contribution in [1.29, 1.82) is 0 Å². The zero-order valence-electron chi connectivity index (χ0n) is 14.3. The number of aryl methyl sites for hydroxylation is 2. The number of rotatable bonds is 6. The molecule has 1 aromatic carbocycles. The molecule has 2 aromatic rings. The monoisotopic (exact) mass is 331 g/mol. The Bertz CT molecular complexity index is 718. The molecule has 0 bridgehead atoms. The summed E-state index contributed by atoms with van der Waals surface area (Å²) in [5, 5.41) is 6.46. The molecule has 0 aliphatic carbocycles. The largest absolute Gasteiger partial charge is 0.489 e. The van der Waals surface area contributed by atoms with Gasteiger partial charge in [0.2, 0.25) is 5.91 Å². The predicted octanol–water partition coefficient (Wildman–Crippen LogP) is 1.69. The minimum absolute atomic E-state index is 0.0456. The molecule has 2 rings (SSSR count). The molecule has 0 saturated carbocycles. The van der Waals surface area contributed by atoms with E-state index in [0.29, 0.717) is 23.7 Å². The minimum atomic E-state index is -0.326. The molecule has 1 N–H and O–H groups in total. The third-order valence-corrected chi connectivity index (χ3v) is 3.56. The topological polar surface area (TPSA) is 84.7 Å². The van der Waals surface area contributed by atoms with E-state index >= 15 is 0 Å². The van der Waals surface area contributed by atoms with Crippen LogP contribution in [0.5, 0.6) is 5.75 Å². The molecule has 0 saturated heterocycles. The maximum atomic E-state index is 12.1. The first kappa shape index (κ1) is 17.5. The van der Waals surface area contributed by atoms with Crippen LogP contribution >= 0.6 is 0 Å². The van der Waals surface area contributed by atoms with Crippen molar-refractivity contribution in [1.82, 2.24) is 15.4 Å². The van der Waals surface area contributed by atoms with Crippen molar-refractivity contribution in [3.63, 3.8) is 0 Å². The van der Waals surface area contributed by atoms with Crippen LogP contribution in [-0.2, 0) is 11.4 Å². The number of ether oxygens (including phenoxy) is 1. The van der Waals surface area contributed by atoms with Crippen LogP contribution in [0, 0.1) is 13.8 Å². The van der Waals surface area contributed by atoms with E-state index < -0.39 is 0 Å². The molecule has 128 valence electrons. The van der Waals surface area contributed by atoms with Crippen molar-refractivity contribution < 1.29 is 18.8 Å². The number of amides is 2. The summed E-state index contributed by atoms with van der Waals surface area (Å²) in [6.45, 7) is 3.94. The lowest BCUT2D eigenvalue weighted by atomic mass is 10.2. The summed E-state index contributed by atoms with van der Waals surface area (Å²) in [6, 6.07) is 6.79. The van der Waals surface area contributed by atoms with Gasteiger partial charge in [-0.15, -0.1) is 0 Å². The van der Waals surface area contributed by atoms with Crippen LogP contribution in [0.4, 0.5) is 0 Å². The van der Waals surface area contributed by atoms with Crippen molar-refractivity contribution in [2.75, 3.05) is 20.6 Å². The molecular formula is C17H21N3O4. The molecule has 1 heterocycles. The standard InChI is InChI=1S/C17H21N3O4/c1-11-15(12(2)24-19-11)10-23-14-7-5-6-13(8-14)17(22)18-9-16(21)20(3)4/h5-8H,9-10H2,1-4H3,(H,18,22). The number of nitrogens with zero attached hydrogens (tertiary/aromatic N) is 2. The highest BCUT2D eigenvalue weighted by Crippen LogP contribution is 2.18. The van der Waals surface area contributed by atoms with E-state index in [9.17, 15) is 9.59 Å². The van der Waals surface area contributed by atoms with Crippen molar-refractivity contribution in [2.24, 2.45) is 0 Å². The van der Waals surface area contributed by atoms with E-state index in [0.717, 1.165) is 11.3 Å². The Kier molecular flexibility index (Phi) is 5.57. The quantitative estimate of drug-likeness (QED) is 0.871. The van der Waals surface area contributed by atoms with Gasteiger partial charge in [-0.3, -0.25) is 9.59 Å². The SMILES string of the molecule is Cc1noc(C)c1COc1cccc(C(=O)NCC(=O)N(C)C)c1. The second-order valence-corrected chi connectivity index (χ2v) is 5.59. The third kappa shape index (κ3) is 4.34. The van der Waals surface area contributed by atoms with E-state index in [2.05, 4.69) is 10.5 Å². The van der Waals surface area contributed by atoms with Crippen LogP contribution in [0.15, 0.2) is 28.8 Å². The third-order valence-electron chi connectivity index (χ3n) is 3.56. The van der Waals surface area contributed by atoms with Gasteiger partial charge in [0.15, 0.2) is 0 Å². The summed E-state index contributed by atoms with van der Waals surface area (Å²) in [4.78, 5) is 25.0. The van der Waals surface area contributed by atoms with Gasteiger partial charge >= 0.3 is 0 Å². The molecule has 0 fully saturated rings. The first-order valence-corrected chi connectivity index (χ1v) is 7.51. The number of hydrogen-bond donors (Lipinski definition) is 1. The van der Waals surface area contributed by atoms with E-state index in [1.807, 2.05) is 13.8 Å². The normalized spacial score (nSPS) is 10.3. The number of benzene rings is 1. The fourth-order valence-electron chi connectivity index (χ4n) is 2.01. The number of aromatic nitrogens is 1. The highest BCUT2D eigenvalue weighted by Gasteiger charge is 2.12. The molecule has 0 aliphatic heterocycles. The van der Waals surface area contributed by atoms with Gasteiger partial charge in [0, 0.05) is 19.7 Å². The summed E-state index contributed by atoms with van der Waals surface area (Å²) >= 11 is 0. The van der Waals surface area contributed by atoms with Crippen LogP contribution in [0.3, 0.4) is 0 Å². The lowest BCUT2D eigenvalue weighted by Gasteiger charge is -2.11. The summed E-state index contributed by atoms with van der Waals surface area (Å²) in [5.41, 5.74) is 2.10. The fraction of sp³-hybridized carbons (Fsp3) is 0.353. The van der Waals surface area contributed by atoms with Crippen molar-refractivity contribution in [2.45, 2.75) is 20.5 Å². The van der Waals surface area contributed by atoms with E-state index in [4.69, 9.17) is 9.26 Å². The van der Waals surface area contributed by atoms with Gasteiger partial charge in [-0.25, -0.2) is 0 Å². The summed E-state index contributed by atoms with van der Waals surface area (Å²) in [5.74, 6) is 0.771. The van der Waals surface area contributed by atoms with E-state index in [1.54, 1.807) is 38.4 Å². The molecule has 0 aliphatic rings. The molecule has 0 unspecified atom stereocenters. The van der Waals surface area contributed by atoms with Gasteiger partial charge in [0.25, 0.3) is 5.91 Å². The zero-order valence-corrected chi connectivity index (χ0v) is 14.3. The Balaban J connectivity index is 1.98. The first-order valence-electron chi connectivity index (χ1n) is 7.51. The molecule has 2 amide bonds. The highest BCUT2D eigenvalue weighted by molar-refractivity contribution is 5.96. The molecule has 0 radical (unpaired) electrons. The fourth-order valence-corrected chi connectivity index (χ4v) is 2.01. The van der Waals surface area contributed by atoms with Crippen molar-refractivity contribution in [3.8, 4) is 5.75 Å². The number of hydrogen-bond acceptors (Lipinski definition) is 5. The second kappa shape index (κ2) is 7.63. The number of carbonyl (C=O) groups excluding carboxylic acids is 2. The van der Waals surface area contributed by atoms with Crippen LogP contribution in [0.1, 0.15) is 27.4 Å². The van der Waals surface area contributed by atoms with Gasteiger partial charge in [-0.05, 0) is 32.0 Å². The van der Waals surface area contributed by atoms with Crippen molar-refractivity contribution >= 4 is 11.8 Å². The maximum absolute atomic E-state index is 12.1. The smallest absolute Gasteiger partial charge is 0.251 e. The molecule has 1 aromatic heterocycles. The van der Waals surface area contributed by atoms with Gasteiger partial charge in [-0.2, -0.15) is 0 Å². The van der Waals surface area contributed by atoms with Crippen LogP contribution < -0.4 is 10.1 Å². The Morgan fingerprint density at radius 2 is 2.04 bits per heavy atom. The number of nitrogens with one attached hydrogen (secondary N) is 1. The Morgan fingerprint density at radius 3 is 2.67 bits per heavy atom. The van der Waals surface area contributed by atoms with Gasteiger partial charge in [-0.1, -0.05) is 11.2 Å². The van der Waals surface area contributed by atoms with E-state index in [1.165, 1.54) is 4.90 Å². The average molecular weight is 331 g/mol. The molecule has 0 spiro atoms. The van der Waals surface area contributed by atoms with Crippen molar-refractivity contribution in [3.05, 3.63) is 46.8 Å². The van der Waals surface area contributed by atoms with Crippen LogP contribution in [0.25, 0.3) is 0 Å². The molecule has 0 atom stereocenters. The maximum Gasteiger partial charge on any atom is 0.251 e. The van der Waals surface area contributed by atoms with Gasteiger partial charge < -0.3 is 19.5 Å². The van der Waals surface area contributed by atoms with Gasteiger partial charge in [0.05, 0.1) is 17.8 Å². The first-order chi connectivity index (χ1) is 11.4. The number of likely N-dealkylation sites (N-methyl/N-ethyl adjacent to an activating group) is 1. The molecule has 7 nitrogen and oxygen atoms in total. The van der Waals surface area contributed by atoms with Crippen LogP contribution in [0.2, 0.25) is 0 Å². The Labute approximate surface area is 140 Å². The highest BCUT2D eigenvalue weighted by atomic mass is 16.5. The predicted molar refractivity (Wildman–Crippen MR) is 87.8 cm³/mol. The van der Waals surface area contributed by atoms with Crippen LogP contribution in [-0.4, -0.2) is 42.5 Å². The molecule has 24 heavy (non-hydrogen) atoms. The summed E-state index contributed by atoms with van der Waals surface area (Å²) in [6.07, 6.45) is 0. The van der Waals surface area contributed by atoms with E-state index in [-0.39, 0.29) is 18.4 Å². The minimum Gasteiger partial charge on any atom is -0.489 e.